The van der Waals surface area contributed by atoms with Crippen molar-refractivity contribution in [3.8, 4) is 11.3 Å². The summed E-state index contributed by atoms with van der Waals surface area (Å²) in [6, 6.07) is 3.80. The zero-order valence-electron chi connectivity index (χ0n) is 9.41. The fourth-order valence-corrected chi connectivity index (χ4v) is 3.02. The second-order valence-corrected chi connectivity index (χ2v) is 5.51. The first-order valence-corrected chi connectivity index (χ1v) is 6.86. The number of nitrogens with zero attached hydrogens (tertiary/aromatic N) is 3. The Labute approximate surface area is 113 Å². The van der Waals surface area contributed by atoms with Crippen molar-refractivity contribution < 1.29 is 4.79 Å². The minimum Gasteiger partial charge on any atom is -0.287 e. The molecule has 6 heteroatoms. The number of amides is 1. The van der Waals surface area contributed by atoms with Gasteiger partial charge in [0, 0.05) is 36.3 Å². The van der Waals surface area contributed by atoms with Gasteiger partial charge >= 0.3 is 0 Å². The lowest BCUT2D eigenvalue weighted by atomic mass is 10.2. The van der Waals surface area contributed by atoms with E-state index in [4.69, 9.17) is 11.6 Å². The van der Waals surface area contributed by atoms with E-state index in [0.29, 0.717) is 13.0 Å². The molecule has 1 atom stereocenters. The van der Waals surface area contributed by atoms with Gasteiger partial charge < -0.3 is 0 Å². The van der Waals surface area contributed by atoms with Crippen LogP contribution in [0.25, 0.3) is 11.3 Å². The normalized spacial score (nSPS) is 19.5. The molecule has 1 amide bonds. The number of carbonyl (C=O) groups is 1. The Bertz CT molecular complexity index is 572. The maximum absolute atomic E-state index is 11.7. The van der Waals surface area contributed by atoms with Gasteiger partial charge in [0.2, 0.25) is 5.91 Å². The maximum atomic E-state index is 11.7. The van der Waals surface area contributed by atoms with Gasteiger partial charge in [-0.25, -0.2) is 4.98 Å². The summed E-state index contributed by atoms with van der Waals surface area (Å²) in [4.78, 5) is 21.8. The molecule has 2 aromatic heterocycles. The number of hydrogen-bond acceptors (Lipinski definition) is 4. The molecule has 0 aliphatic carbocycles. The number of rotatable bonds is 2. The number of carbonyl (C=O) groups excluding carboxylic acids is 1. The van der Waals surface area contributed by atoms with Gasteiger partial charge in [-0.05, 0) is 12.1 Å². The van der Waals surface area contributed by atoms with E-state index in [9.17, 15) is 4.79 Å². The van der Waals surface area contributed by atoms with Gasteiger partial charge in [-0.15, -0.1) is 22.9 Å². The molecule has 0 bridgehead atoms. The van der Waals surface area contributed by atoms with Gasteiger partial charge in [0.15, 0.2) is 5.13 Å². The quantitative estimate of drug-likeness (QED) is 0.794. The van der Waals surface area contributed by atoms with Gasteiger partial charge in [0.25, 0.3) is 0 Å². The molecule has 1 unspecified atom stereocenters. The Kier molecular flexibility index (Phi) is 3.01. The first kappa shape index (κ1) is 11.6. The van der Waals surface area contributed by atoms with Crippen molar-refractivity contribution in [3.63, 3.8) is 0 Å². The van der Waals surface area contributed by atoms with Crippen molar-refractivity contribution in [3.05, 3.63) is 29.9 Å². The number of anilines is 1. The Morgan fingerprint density at radius 2 is 2.17 bits per heavy atom. The highest BCUT2D eigenvalue weighted by atomic mass is 35.5. The fraction of sp³-hybridized carbons (Fsp3) is 0.250. The average molecular weight is 280 g/mol. The number of pyridine rings is 1. The summed E-state index contributed by atoms with van der Waals surface area (Å²) in [5.41, 5.74) is 1.87. The van der Waals surface area contributed by atoms with Gasteiger partial charge in [-0.2, -0.15) is 0 Å². The van der Waals surface area contributed by atoms with Crippen molar-refractivity contribution >= 4 is 34.0 Å². The summed E-state index contributed by atoms with van der Waals surface area (Å²) in [6.07, 6.45) is 3.85. The van der Waals surface area contributed by atoms with E-state index in [1.165, 1.54) is 11.3 Å². The van der Waals surface area contributed by atoms with Crippen molar-refractivity contribution in [1.82, 2.24) is 9.97 Å². The van der Waals surface area contributed by atoms with E-state index in [1.807, 2.05) is 17.5 Å². The first-order chi connectivity index (χ1) is 8.74. The minimum absolute atomic E-state index is 0.0469. The van der Waals surface area contributed by atoms with Gasteiger partial charge in [0.05, 0.1) is 11.1 Å². The van der Waals surface area contributed by atoms with Crippen LogP contribution in [0.4, 0.5) is 5.13 Å². The summed E-state index contributed by atoms with van der Waals surface area (Å²) in [6.45, 7) is 0.545. The van der Waals surface area contributed by atoms with Crippen LogP contribution in [0, 0.1) is 0 Å². The van der Waals surface area contributed by atoms with Crippen LogP contribution in [0.5, 0.6) is 0 Å². The van der Waals surface area contributed by atoms with Crippen LogP contribution in [-0.2, 0) is 4.79 Å². The molecular weight excluding hydrogens is 270 g/mol. The van der Waals surface area contributed by atoms with E-state index in [-0.39, 0.29) is 11.3 Å². The zero-order valence-corrected chi connectivity index (χ0v) is 11.0. The van der Waals surface area contributed by atoms with Crippen molar-refractivity contribution in [2.24, 2.45) is 0 Å². The van der Waals surface area contributed by atoms with E-state index in [2.05, 4.69) is 9.97 Å². The van der Waals surface area contributed by atoms with E-state index < -0.39 is 0 Å². The number of halogens is 1. The molecule has 92 valence electrons. The second kappa shape index (κ2) is 4.66. The van der Waals surface area contributed by atoms with E-state index in [1.54, 1.807) is 17.3 Å². The van der Waals surface area contributed by atoms with Gasteiger partial charge in [0.1, 0.15) is 0 Å². The standard InChI is InChI=1S/C12H10ClN3OS/c13-9-5-11(17)16(6-9)12-15-10(7-18-12)8-1-3-14-4-2-8/h1-4,7,9H,5-6H2. The molecule has 0 aromatic carbocycles. The lowest BCUT2D eigenvalue weighted by Gasteiger charge is -2.10. The van der Waals surface area contributed by atoms with Crippen LogP contribution in [-0.4, -0.2) is 27.8 Å². The predicted molar refractivity (Wildman–Crippen MR) is 72.0 cm³/mol. The van der Waals surface area contributed by atoms with Gasteiger partial charge in [-0.3, -0.25) is 14.7 Å². The minimum atomic E-state index is -0.106. The van der Waals surface area contributed by atoms with Crippen LogP contribution in [0.2, 0.25) is 0 Å². The fourth-order valence-electron chi connectivity index (χ4n) is 1.89. The lowest BCUT2D eigenvalue weighted by Crippen LogP contribution is -2.24. The SMILES string of the molecule is O=C1CC(Cl)CN1c1nc(-c2ccncc2)cs1. The summed E-state index contributed by atoms with van der Waals surface area (Å²) in [5, 5.41) is 2.56. The smallest absolute Gasteiger partial charge is 0.230 e. The summed E-state index contributed by atoms with van der Waals surface area (Å²) < 4.78 is 0. The Balaban J connectivity index is 1.88. The number of hydrogen-bond donors (Lipinski definition) is 0. The van der Waals surface area contributed by atoms with Crippen LogP contribution >= 0.6 is 22.9 Å². The van der Waals surface area contributed by atoms with Crippen molar-refractivity contribution in [2.75, 3.05) is 11.4 Å². The molecule has 3 rings (SSSR count). The highest BCUT2D eigenvalue weighted by Gasteiger charge is 2.30. The topological polar surface area (TPSA) is 46.1 Å². The molecule has 1 fully saturated rings. The highest BCUT2D eigenvalue weighted by Crippen LogP contribution is 2.30. The van der Waals surface area contributed by atoms with Crippen LogP contribution in [0.3, 0.4) is 0 Å². The summed E-state index contributed by atoms with van der Waals surface area (Å²) >= 11 is 7.44. The predicted octanol–water partition coefficient (Wildman–Crippen LogP) is 2.55. The molecule has 3 heterocycles. The second-order valence-electron chi connectivity index (χ2n) is 4.06. The molecular formula is C12H10ClN3OS. The largest absolute Gasteiger partial charge is 0.287 e. The third-order valence-electron chi connectivity index (χ3n) is 2.78. The maximum Gasteiger partial charge on any atom is 0.230 e. The third kappa shape index (κ3) is 2.11. The third-order valence-corrected chi connectivity index (χ3v) is 3.93. The molecule has 1 saturated heterocycles. The Hall–Kier alpha value is -1.46. The molecule has 0 saturated carbocycles. The number of thiazole rings is 1. The molecule has 18 heavy (non-hydrogen) atoms. The Morgan fingerprint density at radius 1 is 1.39 bits per heavy atom. The number of alkyl halides is 1. The van der Waals surface area contributed by atoms with Crippen LogP contribution < -0.4 is 4.90 Å². The molecule has 0 N–H and O–H groups in total. The number of aromatic nitrogens is 2. The van der Waals surface area contributed by atoms with Crippen LogP contribution in [0.15, 0.2) is 29.9 Å². The monoisotopic (exact) mass is 279 g/mol. The van der Waals surface area contributed by atoms with Crippen molar-refractivity contribution in [2.45, 2.75) is 11.8 Å². The highest BCUT2D eigenvalue weighted by molar-refractivity contribution is 7.14. The average Bonchev–Trinajstić information content (AvgIpc) is 2.97. The molecule has 1 aliphatic rings. The molecule has 1 aliphatic heterocycles. The van der Waals surface area contributed by atoms with Crippen LogP contribution in [0.1, 0.15) is 6.42 Å². The lowest BCUT2D eigenvalue weighted by molar-refractivity contribution is -0.117. The van der Waals surface area contributed by atoms with E-state index in [0.717, 1.165) is 16.4 Å². The van der Waals surface area contributed by atoms with Crippen molar-refractivity contribution in [1.29, 1.82) is 0 Å². The van der Waals surface area contributed by atoms with Gasteiger partial charge in [-0.1, -0.05) is 0 Å². The zero-order chi connectivity index (χ0) is 12.5. The molecule has 4 nitrogen and oxygen atoms in total. The molecule has 0 radical (unpaired) electrons. The first-order valence-electron chi connectivity index (χ1n) is 5.54. The summed E-state index contributed by atoms with van der Waals surface area (Å²) in [5.74, 6) is 0.0469. The van der Waals surface area contributed by atoms with E-state index >= 15 is 0 Å². The molecule has 2 aromatic rings. The Morgan fingerprint density at radius 3 is 2.83 bits per heavy atom. The molecule has 0 spiro atoms. The summed E-state index contributed by atoms with van der Waals surface area (Å²) in [7, 11) is 0.